The number of aromatic nitrogens is 1. The van der Waals surface area contributed by atoms with E-state index >= 15 is 0 Å². The summed E-state index contributed by atoms with van der Waals surface area (Å²) in [4.78, 5) is 2.35. The number of hydrogen-bond acceptors (Lipinski definition) is 2. The van der Waals surface area contributed by atoms with Crippen molar-refractivity contribution in [2.24, 2.45) is 0 Å². The first kappa shape index (κ1) is 11.6. The Morgan fingerprint density at radius 2 is 2.00 bits per heavy atom. The number of likely N-dealkylation sites (tertiary alicyclic amines) is 1. The van der Waals surface area contributed by atoms with Crippen molar-refractivity contribution in [3.8, 4) is 0 Å². The van der Waals surface area contributed by atoms with Gasteiger partial charge < -0.3 is 14.8 Å². The first-order valence-electron chi connectivity index (χ1n) is 6.69. The van der Waals surface area contributed by atoms with Crippen molar-refractivity contribution >= 4 is 16.6 Å². The van der Waals surface area contributed by atoms with Crippen molar-refractivity contribution in [2.45, 2.75) is 25.9 Å². The summed E-state index contributed by atoms with van der Waals surface area (Å²) in [5.41, 5.74) is 2.56. The topological polar surface area (TPSA) is 20.2 Å². The third-order valence-corrected chi connectivity index (χ3v) is 3.61. The number of benzene rings is 1. The number of rotatable bonds is 3. The van der Waals surface area contributed by atoms with Crippen LogP contribution in [0.3, 0.4) is 0 Å². The van der Waals surface area contributed by atoms with Crippen LogP contribution in [0.15, 0.2) is 30.5 Å². The molecule has 1 aliphatic heterocycles. The highest BCUT2D eigenvalue weighted by molar-refractivity contribution is 5.84. The number of nitrogens with one attached hydrogen (secondary N) is 1. The largest absolute Gasteiger partial charge is 0.383 e. The molecule has 3 rings (SSSR count). The second-order valence-electron chi connectivity index (χ2n) is 5.67. The van der Waals surface area contributed by atoms with Crippen molar-refractivity contribution in [3.63, 3.8) is 0 Å². The van der Waals surface area contributed by atoms with E-state index in [-0.39, 0.29) is 0 Å². The highest BCUT2D eigenvalue weighted by Crippen LogP contribution is 2.27. The lowest BCUT2D eigenvalue weighted by molar-refractivity contribution is 0.144. The maximum atomic E-state index is 3.45. The summed E-state index contributed by atoms with van der Waals surface area (Å²) in [5, 5.41) is 4.78. The van der Waals surface area contributed by atoms with E-state index in [0.29, 0.717) is 12.1 Å². The smallest absolute Gasteiger partial charge is 0.0590 e. The molecule has 1 aromatic heterocycles. The Morgan fingerprint density at radius 3 is 2.67 bits per heavy atom. The molecular weight excluding hydrogens is 222 g/mol. The van der Waals surface area contributed by atoms with Crippen LogP contribution >= 0.6 is 0 Å². The standard InChI is InChI=1S/C15H21N3/c1-11(2)16-13-4-5-15-12(8-13)6-7-18(15)14-9-17(3)10-14/h4-8,11,14,16H,9-10H2,1-3H3. The number of fused-ring (bicyclic) bond motifs is 1. The van der Waals surface area contributed by atoms with Gasteiger partial charge in [-0.1, -0.05) is 0 Å². The molecule has 0 aliphatic carbocycles. The van der Waals surface area contributed by atoms with Gasteiger partial charge in [-0.25, -0.2) is 0 Å². The van der Waals surface area contributed by atoms with Gasteiger partial charge in [0.05, 0.1) is 6.04 Å². The van der Waals surface area contributed by atoms with Crippen LogP contribution in [0.5, 0.6) is 0 Å². The van der Waals surface area contributed by atoms with Gasteiger partial charge in [0.15, 0.2) is 0 Å². The molecule has 1 fully saturated rings. The number of likely N-dealkylation sites (N-methyl/N-ethyl adjacent to an activating group) is 1. The molecule has 0 atom stereocenters. The van der Waals surface area contributed by atoms with Crippen LogP contribution in [0.4, 0.5) is 5.69 Å². The fourth-order valence-electron chi connectivity index (χ4n) is 2.75. The lowest BCUT2D eigenvalue weighted by Gasteiger charge is -2.37. The summed E-state index contributed by atoms with van der Waals surface area (Å²) >= 11 is 0. The number of hydrogen-bond donors (Lipinski definition) is 1. The zero-order valence-corrected chi connectivity index (χ0v) is 11.4. The zero-order valence-electron chi connectivity index (χ0n) is 11.4. The Kier molecular flexibility index (Phi) is 2.78. The molecule has 3 heteroatoms. The SMILES string of the molecule is CC(C)Nc1ccc2c(ccn2C2CN(C)C2)c1. The molecule has 2 aromatic rings. The highest BCUT2D eigenvalue weighted by atomic mass is 15.2. The van der Waals surface area contributed by atoms with Gasteiger partial charge in [0.25, 0.3) is 0 Å². The Morgan fingerprint density at radius 1 is 1.22 bits per heavy atom. The molecule has 3 nitrogen and oxygen atoms in total. The summed E-state index contributed by atoms with van der Waals surface area (Å²) in [6.45, 7) is 6.66. The van der Waals surface area contributed by atoms with Gasteiger partial charge in [-0.05, 0) is 45.2 Å². The first-order chi connectivity index (χ1) is 8.63. The molecule has 0 unspecified atom stereocenters. The van der Waals surface area contributed by atoms with E-state index in [0.717, 1.165) is 13.1 Å². The van der Waals surface area contributed by atoms with E-state index in [9.17, 15) is 0 Å². The zero-order chi connectivity index (χ0) is 12.7. The van der Waals surface area contributed by atoms with Gasteiger partial charge in [0.1, 0.15) is 0 Å². The minimum absolute atomic E-state index is 0.477. The fraction of sp³-hybridized carbons (Fsp3) is 0.467. The number of anilines is 1. The van der Waals surface area contributed by atoms with Crippen LogP contribution in [0.25, 0.3) is 10.9 Å². The molecule has 96 valence electrons. The van der Waals surface area contributed by atoms with Crippen molar-refractivity contribution in [1.82, 2.24) is 9.47 Å². The third-order valence-electron chi connectivity index (χ3n) is 3.61. The van der Waals surface area contributed by atoms with Gasteiger partial charge in [0.2, 0.25) is 0 Å². The van der Waals surface area contributed by atoms with Gasteiger partial charge >= 0.3 is 0 Å². The van der Waals surface area contributed by atoms with E-state index in [1.165, 1.54) is 16.6 Å². The summed E-state index contributed by atoms with van der Waals surface area (Å²) in [7, 11) is 2.17. The third kappa shape index (κ3) is 1.99. The van der Waals surface area contributed by atoms with E-state index in [1.807, 2.05) is 0 Å². The van der Waals surface area contributed by atoms with Crippen LogP contribution in [-0.4, -0.2) is 35.6 Å². The van der Waals surface area contributed by atoms with Crippen molar-refractivity contribution in [2.75, 3.05) is 25.5 Å². The molecule has 0 saturated carbocycles. The van der Waals surface area contributed by atoms with E-state index in [4.69, 9.17) is 0 Å². The minimum atomic E-state index is 0.477. The number of nitrogens with zero attached hydrogens (tertiary/aromatic N) is 2. The molecular formula is C15H21N3. The van der Waals surface area contributed by atoms with Crippen LogP contribution in [0.1, 0.15) is 19.9 Å². The van der Waals surface area contributed by atoms with Crippen molar-refractivity contribution in [3.05, 3.63) is 30.5 Å². The van der Waals surface area contributed by atoms with Crippen LogP contribution in [0.2, 0.25) is 0 Å². The molecule has 0 amide bonds. The van der Waals surface area contributed by atoms with Gasteiger partial charge in [0, 0.05) is 41.9 Å². The maximum absolute atomic E-state index is 3.45. The normalized spacial score (nSPS) is 17.3. The first-order valence-corrected chi connectivity index (χ1v) is 6.69. The molecule has 0 radical (unpaired) electrons. The second-order valence-corrected chi connectivity index (χ2v) is 5.67. The average Bonchev–Trinajstić information content (AvgIpc) is 2.66. The van der Waals surface area contributed by atoms with Crippen LogP contribution in [0, 0.1) is 0 Å². The Hall–Kier alpha value is -1.48. The predicted octanol–water partition coefficient (Wildman–Crippen LogP) is 2.95. The molecule has 2 heterocycles. The molecule has 0 spiro atoms. The predicted molar refractivity (Wildman–Crippen MR) is 77.2 cm³/mol. The van der Waals surface area contributed by atoms with E-state index < -0.39 is 0 Å². The van der Waals surface area contributed by atoms with E-state index in [1.54, 1.807) is 0 Å². The lowest BCUT2D eigenvalue weighted by atomic mass is 10.1. The van der Waals surface area contributed by atoms with Crippen LogP contribution < -0.4 is 5.32 Å². The van der Waals surface area contributed by atoms with Crippen LogP contribution in [-0.2, 0) is 0 Å². The van der Waals surface area contributed by atoms with Gasteiger partial charge in [-0.2, -0.15) is 0 Å². The fourth-order valence-corrected chi connectivity index (χ4v) is 2.75. The molecule has 0 bridgehead atoms. The Balaban J connectivity index is 1.90. The molecule has 1 aromatic carbocycles. The minimum Gasteiger partial charge on any atom is -0.383 e. The summed E-state index contributed by atoms with van der Waals surface area (Å²) in [5.74, 6) is 0. The quantitative estimate of drug-likeness (QED) is 0.894. The average molecular weight is 243 g/mol. The Bertz CT molecular complexity index is 550. The van der Waals surface area contributed by atoms with E-state index in [2.05, 4.69) is 66.1 Å². The summed E-state index contributed by atoms with van der Waals surface area (Å²) < 4.78 is 2.41. The molecule has 18 heavy (non-hydrogen) atoms. The summed E-state index contributed by atoms with van der Waals surface area (Å²) in [6.07, 6.45) is 2.22. The van der Waals surface area contributed by atoms with Gasteiger partial charge in [-0.3, -0.25) is 0 Å². The summed E-state index contributed by atoms with van der Waals surface area (Å²) in [6, 6.07) is 10.0. The van der Waals surface area contributed by atoms with Crippen molar-refractivity contribution < 1.29 is 0 Å². The lowest BCUT2D eigenvalue weighted by Crippen LogP contribution is -2.44. The molecule has 1 saturated heterocycles. The maximum Gasteiger partial charge on any atom is 0.0590 e. The monoisotopic (exact) mass is 243 g/mol. The highest BCUT2D eigenvalue weighted by Gasteiger charge is 2.25. The second kappa shape index (κ2) is 4.32. The van der Waals surface area contributed by atoms with Gasteiger partial charge in [-0.15, -0.1) is 0 Å². The van der Waals surface area contributed by atoms with Crippen molar-refractivity contribution in [1.29, 1.82) is 0 Å². The molecule has 1 aliphatic rings. The Labute approximate surface area is 108 Å². The molecule has 1 N–H and O–H groups in total.